The lowest BCUT2D eigenvalue weighted by Crippen LogP contribution is -2.45. The van der Waals surface area contributed by atoms with Crippen molar-refractivity contribution >= 4 is 33.2 Å². The summed E-state index contributed by atoms with van der Waals surface area (Å²) in [7, 11) is -2.81. The van der Waals surface area contributed by atoms with Crippen molar-refractivity contribution in [3.63, 3.8) is 0 Å². The number of rotatable bonds is 7. The van der Waals surface area contributed by atoms with E-state index in [0.717, 1.165) is 54.6 Å². The zero-order valence-corrected chi connectivity index (χ0v) is 20.1. The van der Waals surface area contributed by atoms with Crippen molar-refractivity contribution in [3.8, 4) is 11.5 Å². The predicted molar refractivity (Wildman–Crippen MR) is 121 cm³/mol. The number of sulfonamides is 1. The van der Waals surface area contributed by atoms with Crippen molar-refractivity contribution in [2.75, 3.05) is 18.5 Å². The summed E-state index contributed by atoms with van der Waals surface area (Å²) in [6.07, 6.45) is -6.35. The highest BCUT2D eigenvalue weighted by Crippen LogP contribution is 2.37. The fourth-order valence-corrected chi connectivity index (χ4v) is 4.99. The Morgan fingerprint density at radius 3 is 2.11 bits per heavy atom. The molecule has 13 heteroatoms. The van der Waals surface area contributed by atoms with E-state index in [0.29, 0.717) is 0 Å². The molecule has 0 aliphatic heterocycles. The van der Waals surface area contributed by atoms with Gasteiger partial charge in [0.2, 0.25) is 0 Å². The first-order chi connectivity index (χ1) is 16.8. The standard InChI is InChI=1S/C23H17ClF5NO5S/c1-34-20-9-7-15(12-21(20)35-2)36(32,33)30(22(31)23(27,28)29)19-8-6-14(24)10-13(19)11-16-17(25)4-3-5-18(16)26/h3-10,12H,11H2,1-2H3. The van der Waals surface area contributed by atoms with E-state index in [1.807, 2.05) is 0 Å². The summed E-state index contributed by atoms with van der Waals surface area (Å²) in [6, 6.07) is 8.73. The summed E-state index contributed by atoms with van der Waals surface area (Å²) in [6.45, 7) is 0. The molecule has 0 saturated carbocycles. The number of hydrogen-bond acceptors (Lipinski definition) is 5. The molecule has 3 aromatic carbocycles. The second-order valence-corrected chi connectivity index (χ2v) is 9.46. The van der Waals surface area contributed by atoms with Crippen molar-refractivity contribution in [2.24, 2.45) is 0 Å². The highest BCUT2D eigenvalue weighted by molar-refractivity contribution is 7.93. The first-order valence-corrected chi connectivity index (χ1v) is 11.7. The predicted octanol–water partition coefficient (Wildman–Crippen LogP) is 5.51. The van der Waals surface area contributed by atoms with Gasteiger partial charge in [0, 0.05) is 23.1 Å². The van der Waals surface area contributed by atoms with Gasteiger partial charge in [-0.3, -0.25) is 4.79 Å². The Bertz CT molecular complexity index is 1390. The number of carbonyl (C=O) groups is 1. The number of nitrogens with zero attached hydrogens (tertiary/aromatic N) is 1. The number of methoxy groups -OCH3 is 2. The first kappa shape index (κ1) is 27.2. The third kappa shape index (κ3) is 5.39. The number of anilines is 1. The summed E-state index contributed by atoms with van der Waals surface area (Å²) in [5.74, 6) is -4.88. The summed E-state index contributed by atoms with van der Waals surface area (Å²) in [5, 5.41) is -0.0755. The lowest BCUT2D eigenvalue weighted by molar-refractivity contribution is -0.169. The van der Waals surface area contributed by atoms with Gasteiger partial charge < -0.3 is 9.47 Å². The van der Waals surface area contributed by atoms with Gasteiger partial charge in [0.1, 0.15) is 11.6 Å². The van der Waals surface area contributed by atoms with E-state index in [9.17, 15) is 35.2 Å². The average molecular weight is 550 g/mol. The molecule has 6 nitrogen and oxygen atoms in total. The van der Waals surface area contributed by atoms with Gasteiger partial charge in [-0.1, -0.05) is 17.7 Å². The van der Waals surface area contributed by atoms with Crippen LogP contribution < -0.4 is 13.8 Å². The average Bonchev–Trinajstić information content (AvgIpc) is 2.81. The maximum absolute atomic E-state index is 14.3. The second-order valence-electron chi connectivity index (χ2n) is 7.24. The quantitative estimate of drug-likeness (QED) is 0.363. The van der Waals surface area contributed by atoms with E-state index in [1.165, 1.54) is 14.2 Å². The van der Waals surface area contributed by atoms with Gasteiger partial charge in [-0.2, -0.15) is 17.5 Å². The van der Waals surface area contributed by atoms with Crippen molar-refractivity contribution in [1.82, 2.24) is 0 Å². The minimum Gasteiger partial charge on any atom is -0.493 e. The molecule has 0 heterocycles. The van der Waals surface area contributed by atoms with Crippen LogP contribution in [0, 0.1) is 11.6 Å². The fourth-order valence-electron chi connectivity index (χ4n) is 3.33. The number of hydrogen-bond donors (Lipinski definition) is 0. The van der Waals surface area contributed by atoms with Crippen LogP contribution in [-0.2, 0) is 21.2 Å². The van der Waals surface area contributed by atoms with Gasteiger partial charge in [0.15, 0.2) is 11.5 Å². The molecular formula is C23H17ClF5NO5S. The molecular weight excluding hydrogens is 533 g/mol. The maximum atomic E-state index is 14.3. The third-order valence-corrected chi connectivity index (χ3v) is 6.94. The molecule has 36 heavy (non-hydrogen) atoms. The molecule has 0 aromatic heterocycles. The van der Waals surface area contributed by atoms with E-state index >= 15 is 0 Å². The number of carbonyl (C=O) groups excluding carboxylic acids is 1. The van der Waals surface area contributed by atoms with Crippen LogP contribution >= 0.6 is 11.6 Å². The summed E-state index contributed by atoms with van der Waals surface area (Å²) >= 11 is 5.95. The van der Waals surface area contributed by atoms with Crippen molar-refractivity contribution in [3.05, 3.63) is 82.4 Å². The Hall–Kier alpha value is -3.38. The molecule has 3 aromatic rings. The van der Waals surface area contributed by atoms with Crippen molar-refractivity contribution < 1.29 is 44.6 Å². The van der Waals surface area contributed by atoms with Crippen LogP contribution in [0.2, 0.25) is 5.02 Å². The number of ether oxygens (including phenoxy) is 2. The molecule has 0 unspecified atom stereocenters. The van der Waals surface area contributed by atoms with Gasteiger partial charge >= 0.3 is 12.1 Å². The smallest absolute Gasteiger partial charge is 0.472 e. The molecule has 192 valence electrons. The molecule has 0 saturated heterocycles. The van der Waals surface area contributed by atoms with E-state index in [4.69, 9.17) is 21.1 Å². The van der Waals surface area contributed by atoms with Crippen molar-refractivity contribution in [1.29, 1.82) is 0 Å². The molecule has 0 bridgehead atoms. The van der Waals surface area contributed by atoms with Crippen molar-refractivity contribution in [2.45, 2.75) is 17.5 Å². The maximum Gasteiger partial charge on any atom is 0.472 e. The van der Waals surface area contributed by atoms with Crippen LogP contribution in [0.25, 0.3) is 0 Å². The normalized spacial score (nSPS) is 11.8. The zero-order chi connectivity index (χ0) is 26.8. The Kier molecular flexibility index (Phi) is 7.79. The van der Waals surface area contributed by atoms with E-state index < -0.39 is 60.6 Å². The SMILES string of the molecule is COc1ccc(S(=O)(=O)N(C(=O)C(F)(F)F)c2ccc(Cl)cc2Cc2c(F)cccc2F)cc1OC. The molecule has 0 fully saturated rings. The third-order valence-electron chi connectivity index (χ3n) is 5.01. The monoisotopic (exact) mass is 549 g/mol. The Balaban J connectivity index is 2.27. The lowest BCUT2D eigenvalue weighted by Gasteiger charge is -2.26. The largest absolute Gasteiger partial charge is 0.493 e. The van der Waals surface area contributed by atoms with E-state index in [-0.39, 0.29) is 22.1 Å². The summed E-state index contributed by atoms with van der Waals surface area (Å²) < 4.78 is 106. The molecule has 0 N–H and O–H groups in total. The summed E-state index contributed by atoms with van der Waals surface area (Å²) in [5.41, 5.74) is -1.71. The second kappa shape index (κ2) is 10.3. The number of halogens is 6. The van der Waals surface area contributed by atoms with Gasteiger partial charge in [0.05, 0.1) is 24.8 Å². The van der Waals surface area contributed by atoms with Gasteiger partial charge in [0.25, 0.3) is 10.0 Å². The highest BCUT2D eigenvalue weighted by atomic mass is 35.5. The van der Waals surface area contributed by atoms with Gasteiger partial charge in [-0.05, 0) is 48.0 Å². The van der Waals surface area contributed by atoms with Crippen LogP contribution in [0.4, 0.5) is 27.6 Å². The molecule has 1 amide bonds. The molecule has 0 atom stereocenters. The minimum absolute atomic E-state index is 0.0755. The van der Waals surface area contributed by atoms with E-state index in [2.05, 4.69) is 0 Å². The molecule has 0 aliphatic carbocycles. The number of benzene rings is 3. The minimum atomic E-state index is -5.64. The van der Waals surface area contributed by atoms with Crippen LogP contribution in [0.5, 0.6) is 11.5 Å². The topological polar surface area (TPSA) is 72.9 Å². The van der Waals surface area contributed by atoms with Gasteiger partial charge in [-0.25, -0.2) is 17.2 Å². The fraction of sp³-hybridized carbons (Fsp3) is 0.174. The Morgan fingerprint density at radius 1 is 0.944 bits per heavy atom. The summed E-state index contributed by atoms with van der Waals surface area (Å²) in [4.78, 5) is 11.7. The van der Waals surface area contributed by atoms with Crippen LogP contribution in [-0.4, -0.2) is 34.7 Å². The molecule has 3 rings (SSSR count). The van der Waals surface area contributed by atoms with E-state index in [1.54, 1.807) is 0 Å². The van der Waals surface area contributed by atoms with Crippen LogP contribution in [0.1, 0.15) is 11.1 Å². The molecule has 0 radical (unpaired) electrons. The number of alkyl halides is 3. The highest BCUT2D eigenvalue weighted by Gasteiger charge is 2.48. The Morgan fingerprint density at radius 2 is 1.56 bits per heavy atom. The lowest BCUT2D eigenvalue weighted by atomic mass is 10.0. The molecule has 0 spiro atoms. The Labute approximate surface area is 207 Å². The number of amides is 1. The van der Waals surface area contributed by atoms with Crippen LogP contribution in [0.15, 0.2) is 59.5 Å². The zero-order valence-electron chi connectivity index (χ0n) is 18.6. The molecule has 0 aliphatic rings. The van der Waals surface area contributed by atoms with Gasteiger partial charge in [-0.15, -0.1) is 0 Å². The first-order valence-electron chi connectivity index (χ1n) is 9.91. The van der Waals surface area contributed by atoms with Crippen LogP contribution in [0.3, 0.4) is 0 Å².